The second-order valence-electron chi connectivity index (χ2n) is 5.68. The summed E-state index contributed by atoms with van der Waals surface area (Å²) in [5, 5.41) is 11.3. The van der Waals surface area contributed by atoms with Crippen LogP contribution in [0.2, 0.25) is 0 Å². The molecule has 23 heavy (non-hydrogen) atoms. The predicted molar refractivity (Wildman–Crippen MR) is 93.7 cm³/mol. The average Bonchev–Trinajstić information content (AvgIpc) is 2.94. The van der Waals surface area contributed by atoms with Gasteiger partial charge in [-0.15, -0.1) is 0 Å². The molecular formula is C18H15BrN2O2. The van der Waals surface area contributed by atoms with Gasteiger partial charge in [0.15, 0.2) is 5.82 Å². The fourth-order valence-electron chi connectivity index (χ4n) is 3.08. The second-order valence-corrected chi connectivity index (χ2v) is 6.59. The maximum absolute atomic E-state index is 10.3. The summed E-state index contributed by atoms with van der Waals surface area (Å²) in [4.78, 5) is 8.63. The molecule has 1 aromatic carbocycles. The van der Waals surface area contributed by atoms with E-state index in [4.69, 9.17) is 4.42 Å². The third kappa shape index (κ3) is 2.65. The Morgan fingerprint density at radius 1 is 1.17 bits per heavy atom. The normalized spacial score (nSPS) is 14.5. The third-order valence-corrected chi connectivity index (χ3v) is 4.64. The van der Waals surface area contributed by atoms with Gasteiger partial charge >= 0.3 is 0 Å². The van der Waals surface area contributed by atoms with Crippen molar-refractivity contribution in [1.29, 1.82) is 0 Å². The quantitative estimate of drug-likeness (QED) is 0.650. The standard InChI is InChI=1S/C18H15BrN2O2/c19-11-5-8-17(20-9-11)21-10-13-14(22)6-7-16-18(13)12-3-1-2-4-15(12)23-16/h5-10,22H,1-4H2. The van der Waals surface area contributed by atoms with Crippen LogP contribution in [0, 0.1) is 0 Å². The smallest absolute Gasteiger partial charge is 0.151 e. The molecule has 5 heteroatoms. The van der Waals surface area contributed by atoms with Gasteiger partial charge in [-0.05, 0) is 59.5 Å². The third-order valence-electron chi connectivity index (χ3n) is 4.17. The van der Waals surface area contributed by atoms with Gasteiger partial charge in [0.1, 0.15) is 17.1 Å². The van der Waals surface area contributed by atoms with E-state index in [9.17, 15) is 5.11 Å². The molecule has 0 fully saturated rings. The molecule has 1 aliphatic rings. The molecule has 0 unspecified atom stereocenters. The largest absolute Gasteiger partial charge is 0.507 e. The van der Waals surface area contributed by atoms with E-state index >= 15 is 0 Å². The lowest BCUT2D eigenvalue weighted by Gasteiger charge is -2.09. The number of aromatic hydroxyl groups is 1. The van der Waals surface area contributed by atoms with Crippen molar-refractivity contribution in [3.8, 4) is 5.75 Å². The lowest BCUT2D eigenvalue weighted by Crippen LogP contribution is -1.99. The number of phenolic OH excluding ortho intramolecular Hbond substituents is 1. The van der Waals surface area contributed by atoms with E-state index in [1.165, 1.54) is 5.56 Å². The van der Waals surface area contributed by atoms with Crippen LogP contribution in [-0.2, 0) is 12.8 Å². The number of nitrogens with zero attached hydrogens (tertiary/aromatic N) is 2. The summed E-state index contributed by atoms with van der Waals surface area (Å²) in [6.07, 6.45) is 7.65. The fourth-order valence-corrected chi connectivity index (χ4v) is 3.31. The molecule has 0 atom stereocenters. The minimum absolute atomic E-state index is 0.215. The van der Waals surface area contributed by atoms with E-state index < -0.39 is 0 Å². The maximum atomic E-state index is 10.3. The van der Waals surface area contributed by atoms with Gasteiger partial charge in [0.05, 0.1) is 0 Å². The molecule has 0 aliphatic heterocycles. The number of fused-ring (bicyclic) bond motifs is 3. The van der Waals surface area contributed by atoms with Gasteiger partial charge in [-0.3, -0.25) is 0 Å². The van der Waals surface area contributed by atoms with Crippen molar-refractivity contribution in [3.05, 3.63) is 51.8 Å². The molecule has 1 aliphatic carbocycles. The van der Waals surface area contributed by atoms with Gasteiger partial charge in [0, 0.05) is 39.8 Å². The van der Waals surface area contributed by atoms with Crippen molar-refractivity contribution >= 4 is 38.9 Å². The van der Waals surface area contributed by atoms with Gasteiger partial charge in [0.2, 0.25) is 0 Å². The van der Waals surface area contributed by atoms with Gasteiger partial charge in [-0.1, -0.05) is 0 Å². The van der Waals surface area contributed by atoms with Crippen LogP contribution in [0.1, 0.15) is 29.7 Å². The van der Waals surface area contributed by atoms with Crippen LogP contribution in [0.3, 0.4) is 0 Å². The first-order valence-corrected chi connectivity index (χ1v) is 8.43. The van der Waals surface area contributed by atoms with Crippen LogP contribution >= 0.6 is 15.9 Å². The molecule has 0 radical (unpaired) electrons. The number of furan rings is 1. The minimum Gasteiger partial charge on any atom is -0.507 e. The highest BCUT2D eigenvalue weighted by Gasteiger charge is 2.21. The van der Waals surface area contributed by atoms with Crippen molar-refractivity contribution in [2.45, 2.75) is 25.7 Å². The summed E-state index contributed by atoms with van der Waals surface area (Å²) >= 11 is 3.35. The molecule has 1 N–H and O–H groups in total. The molecule has 116 valence electrons. The van der Waals surface area contributed by atoms with Gasteiger partial charge in [-0.2, -0.15) is 0 Å². The Balaban J connectivity index is 1.83. The molecule has 4 nitrogen and oxygen atoms in total. The van der Waals surface area contributed by atoms with E-state index in [0.717, 1.165) is 46.9 Å². The molecule has 0 amide bonds. The van der Waals surface area contributed by atoms with Crippen molar-refractivity contribution in [2.24, 2.45) is 4.99 Å². The first-order valence-electron chi connectivity index (χ1n) is 7.64. The summed E-state index contributed by atoms with van der Waals surface area (Å²) in [5.74, 6) is 1.86. The lowest BCUT2D eigenvalue weighted by atomic mass is 9.94. The summed E-state index contributed by atoms with van der Waals surface area (Å²) in [6, 6.07) is 7.20. The molecular weight excluding hydrogens is 356 g/mol. The Morgan fingerprint density at radius 3 is 2.87 bits per heavy atom. The average molecular weight is 371 g/mol. The van der Waals surface area contributed by atoms with Crippen LogP contribution in [0.4, 0.5) is 5.82 Å². The number of halogens is 1. The number of pyridine rings is 1. The minimum atomic E-state index is 0.215. The SMILES string of the molecule is Oc1ccc2oc3c(c2c1C=Nc1ccc(Br)cn1)CCCC3. The Hall–Kier alpha value is -2.14. The van der Waals surface area contributed by atoms with Crippen LogP contribution in [0.5, 0.6) is 5.75 Å². The van der Waals surface area contributed by atoms with Crippen molar-refractivity contribution in [1.82, 2.24) is 4.98 Å². The van der Waals surface area contributed by atoms with Crippen LogP contribution in [0.25, 0.3) is 11.0 Å². The molecule has 0 saturated carbocycles. The highest BCUT2D eigenvalue weighted by Crippen LogP contribution is 2.36. The lowest BCUT2D eigenvalue weighted by molar-refractivity contribution is 0.474. The number of aryl methyl sites for hydroxylation is 2. The Kier molecular flexibility index (Phi) is 3.65. The zero-order chi connectivity index (χ0) is 15.8. The first-order chi connectivity index (χ1) is 11.2. The number of phenols is 1. The highest BCUT2D eigenvalue weighted by molar-refractivity contribution is 9.10. The summed E-state index contributed by atoms with van der Waals surface area (Å²) in [6.45, 7) is 0. The monoisotopic (exact) mass is 370 g/mol. The van der Waals surface area contributed by atoms with Gasteiger partial charge < -0.3 is 9.52 Å². The van der Waals surface area contributed by atoms with Crippen molar-refractivity contribution in [3.63, 3.8) is 0 Å². The Morgan fingerprint density at radius 2 is 2.04 bits per heavy atom. The van der Waals surface area contributed by atoms with E-state index in [0.29, 0.717) is 11.4 Å². The highest BCUT2D eigenvalue weighted by atomic mass is 79.9. The summed E-state index contributed by atoms with van der Waals surface area (Å²) in [7, 11) is 0. The van der Waals surface area contributed by atoms with E-state index in [1.54, 1.807) is 18.5 Å². The molecule has 0 bridgehead atoms. The zero-order valence-corrected chi connectivity index (χ0v) is 14.0. The number of hydrogen-bond acceptors (Lipinski definition) is 4. The van der Waals surface area contributed by atoms with E-state index in [2.05, 4.69) is 25.9 Å². The van der Waals surface area contributed by atoms with Crippen LogP contribution in [-0.4, -0.2) is 16.3 Å². The molecule has 2 heterocycles. The van der Waals surface area contributed by atoms with Crippen LogP contribution < -0.4 is 0 Å². The predicted octanol–water partition coefficient (Wildman–Crippen LogP) is 4.93. The van der Waals surface area contributed by atoms with Crippen molar-refractivity contribution < 1.29 is 9.52 Å². The zero-order valence-electron chi connectivity index (χ0n) is 12.4. The van der Waals surface area contributed by atoms with Crippen LogP contribution in [0.15, 0.2) is 44.3 Å². The fraction of sp³-hybridized carbons (Fsp3) is 0.222. The first kappa shape index (κ1) is 14.5. The maximum Gasteiger partial charge on any atom is 0.151 e. The summed E-state index contributed by atoms with van der Waals surface area (Å²) in [5.41, 5.74) is 2.74. The second kappa shape index (κ2) is 5.81. The van der Waals surface area contributed by atoms with Gasteiger partial charge in [0.25, 0.3) is 0 Å². The number of aliphatic imine (C=N–C) groups is 1. The van der Waals surface area contributed by atoms with E-state index in [1.807, 2.05) is 18.2 Å². The number of rotatable bonds is 2. The summed E-state index contributed by atoms with van der Waals surface area (Å²) < 4.78 is 6.87. The van der Waals surface area contributed by atoms with E-state index in [-0.39, 0.29) is 5.75 Å². The Bertz CT molecular complexity index is 898. The number of aromatic nitrogens is 1. The van der Waals surface area contributed by atoms with Crippen molar-refractivity contribution in [2.75, 3.05) is 0 Å². The molecule has 0 saturated heterocycles. The molecule has 3 aromatic rings. The Labute approximate surface area is 142 Å². The molecule has 0 spiro atoms. The molecule has 2 aromatic heterocycles. The number of hydrogen-bond donors (Lipinski definition) is 1. The topological polar surface area (TPSA) is 58.6 Å². The van der Waals surface area contributed by atoms with Gasteiger partial charge in [-0.25, -0.2) is 9.98 Å². The molecule has 4 rings (SSSR count). The number of benzene rings is 1.